The van der Waals surface area contributed by atoms with Crippen LogP contribution in [-0.2, 0) is 0 Å². The van der Waals surface area contributed by atoms with Crippen LogP contribution in [0.4, 0.5) is 0 Å². The monoisotopic (exact) mass is 238 g/mol. The fourth-order valence-corrected chi connectivity index (χ4v) is 1.40. The summed E-state index contributed by atoms with van der Waals surface area (Å²) >= 11 is 0. The SMILES string of the molecule is CCCNCCNC(=O)c1ccn(C(C)C)n1. The van der Waals surface area contributed by atoms with E-state index in [1.807, 2.05) is 20.0 Å². The van der Waals surface area contributed by atoms with E-state index in [2.05, 4.69) is 22.7 Å². The van der Waals surface area contributed by atoms with Crippen LogP contribution >= 0.6 is 0 Å². The highest BCUT2D eigenvalue weighted by atomic mass is 16.1. The zero-order chi connectivity index (χ0) is 12.7. The van der Waals surface area contributed by atoms with Crippen LogP contribution in [0, 0.1) is 0 Å². The van der Waals surface area contributed by atoms with Crippen molar-refractivity contribution in [3.63, 3.8) is 0 Å². The molecule has 2 N–H and O–H groups in total. The van der Waals surface area contributed by atoms with Crippen LogP contribution in [0.25, 0.3) is 0 Å². The summed E-state index contributed by atoms with van der Waals surface area (Å²) in [4.78, 5) is 11.7. The van der Waals surface area contributed by atoms with Gasteiger partial charge in [-0.3, -0.25) is 9.48 Å². The molecule has 1 amide bonds. The molecule has 0 saturated carbocycles. The maximum atomic E-state index is 11.7. The van der Waals surface area contributed by atoms with Gasteiger partial charge in [0.1, 0.15) is 5.69 Å². The Morgan fingerprint density at radius 1 is 1.41 bits per heavy atom. The second-order valence-electron chi connectivity index (χ2n) is 4.28. The highest BCUT2D eigenvalue weighted by Crippen LogP contribution is 2.03. The predicted octanol–water partition coefficient (Wildman–Crippen LogP) is 1.19. The summed E-state index contributed by atoms with van der Waals surface area (Å²) in [7, 11) is 0. The van der Waals surface area contributed by atoms with Crippen LogP contribution in [-0.4, -0.2) is 35.3 Å². The number of carbonyl (C=O) groups is 1. The molecule has 0 unspecified atom stereocenters. The summed E-state index contributed by atoms with van der Waals surface area (Å²) in [6.45, 7) is 8.59. The molecule has 1 heterocycles. The van der Waals surface area contributed by atoms with Crippen LogP contribution < -0.4 is 10.6 Å². The van der Waals surface area contributed by atoms with Crippen LogP contribution in [0.2, 0.25) is 0 Å². The van der Waals surface area contributed by atoms with E-state index in [-0.39, 0.29) is 11.9 Å². The molecule has 0 radical (unpaired) electrons. The molecule has 0 bridgehead atoms. The minimum atomic E-state index is -0.109. The van der Waals surface area contributed by atoms with Gasteiger partial charge in [-0.25, -0.2) is 0 Å². The fourth-order valence-electron chi connectivity index (χ4n) is 1.40. The normalized spacial score (nSPS) is 10.8. The molecule has 0 atom stereocenters. The standard InChI is InChI=1S/C12H22N4O/c1-4-6-13-7-8-14-12(17)11-5-9-16(15-11)10(2)3/h5,9-10,13H,4,6-8H2,1-3H3,(H,14,17). The molecular weight excluding hydrogens is 216 g/mol. The second-order valence-corrected chi connectivity index (χ2v) is 4.28. The van der Waals surface area contributed by atoms with Crippen LogP contribution in [0.5, 0.6) is 0 Å². The fraction of sp³-hybridized carbons (Fsp3) is 0.667. The van der Waals surface area contributed by atoms with Gasteiger partial charge in [0.25, 0.3) is 5.91 Å². The first-order valence-electron chi connectivity index (χ1n) is 6.19. The largest absolute Gasteiger partial charge is 0.349 e. The van der Waals surface area contributed by atoms with E-state index in [4.69, 9.17) is 0 Å². The van der Waals surface area contributed by atoms with Crippen LogP contribution in [0.15, 0.2) is 12.3 Å². The van der Waals surface area contributed by atoms with Crippen molar-refractivity contribution in [2.75, 3.05) is 19.6 Å². The van der Waals surface area contributed by atoms with E-state index >= 15 is 0 Å². The molecule has 0 aliphatic rings. The van der Waals surface area contributed by atoms with E-state index in [0.717, 1.165) is 19.5 Å². The molecule has 96 valence electrons. The molecule has 5 heteroatoms. The number of nitrogens with one attached hydrogen (secondary N) is 2. The number of nitrogens with zero attached hydrogens (tertiary/aromatic N) is 2. The molecule has 1 rings (SSSR count). The van der Waals surface area contributed by atoms with Gasteiger partial charge in [-0.15, -0.1) is 0 Å². The Morgan fingerprint density at radius 3 is 2.76 bits per heavy atom. The van der Waals surface area contributed by atoms with Gasteiger partial charge in [0.2, 0.25) is 0 Å². The minimum Gasteiger partial charge on any atom is -0.349 e. The molecule has 0 fully saturated rings. The zero-order valence-electron chi connectivity index (χ0n) is 10.9. The van der Waals surface area contributed by atoms with Crippen molar-refractivity contribution < 1.29 is 4.79 Å². The average Bonchev–Trinajstić information content (AvgIpc) is 2.78. The van der Waals surface area contributed by atoms with Crippen molar-refractivity contribution >= 4 is 5.91 Å². The van der Waals surface area contributed by atoms with Crippen molar-refractivity contribution in [1.82, 2.24) is 20.4 Å². The average molecular weight is 238 g/mol. The van der Waals surface area contributed by atoms with Gasteiger partial charge in [0.15, 0.2) is 0 Å². The van der Waals surface area contributed by atoms with E-state index in [1.165, 1.54) is 0 Å². The third-order valence-electron chi connectivity index (χ3n) is 2.38. The summed E-state index contributed by atoms with van der Waals surface area (Å²) in [5, 5.41) is 10.3. The number of hydrogen-bond acceptors (Lipinski definition) is 3. The Bertz CT molecular complexity index is 346. The van der Waals surface area contributed by atoms with Gasteiger partial charge < -0.3 is 10.6 Å². The number of amides is 1. The third-order valence-corrected chi connectivity index (χ3v) is 2.38. The Hall–Kier alpha value is -1.36. The summed E-state index contributed by atoms with van der Waals surface area (Å²) in [5.41, 5.74) is 0.481. The molecule has 1 aromatic rings. The molecule has 1 aromatic heterocycles. The predicted molar refractivity (Wildman–Crippen MR) is 68.1 cm³/mol. The summed E-state index contributed by atoms with van der Waals surface area (Å²) in [5.74, 6) is -0.109. The lowest BCUT2D eigenvalue weighted by atomic mass is 10.4. The van der Waals surface area contributed by atoms with Gasteiger partial charge >= 0.3 is 0 Å². The maximum absolute atomic E-state index is 11.7. The van der Waals surface area contributed by atoms with Crippen molar-refractivity contribution in [1.29, 1.82) is 0 Å². The first-order valence-corrected chi connectivity index (χ1v) is 6.19. The van der Waals surface area contributed by atoms with Gasteiger partial charge in [-0.05, 0) is 32.9 Å². The number of rotatable bonds is 7. The van der Waals surface area contributed by atoms with Crippen molar-refractivity contribution in [2.24, 2.45) is 0 Å². The number of carbonyl (C=O) groups excluding carboxylic acids is 1. The van der Waals surface area contributed by atoms with Gasteiger partial charge in [-0.1, -0.05) is 6.92 Å². The Kier molecular flexibility index (Phi) is 5.69. The molecule has 0 saturated heterocycles. The van der Waals surface area contributed by atoms with E-state index in [1.54, 1.807) is 10.7 Å². The lowest BCUT2D eigenvalue weighted by Crippen LogP contribution is -2.32. The maximum Gasteiger partial charge on any atom is 0.271 e. The van der Waals surface area contributed by atoms with Crippen molar-refractivity contribution in [3.05, 3.63) is 18.0 Å². The lowest BCUT2D eigenvalue weighted by molar-refractivity contribution is 0.0948. The lowest BCUT2D eigenvalue weighted by Gasteiger charge is -2.05. The van der Waals surface area contributed by atoms with Crippen molar-refractivity contribution in [2.45, 2.75) is 33.2 Å². The topological polar surface area (TPSA) is 58.9 Å². The summed E-state index contributed by atoms with van der Waals surface area (Å²) in [6, 6.07) is 2.03. The minimum absolute atomic E-state index is 0.109. The molecular formula is C12H22N4O. The molecule has 0 aliphatic heterocycles. The highest BCUT2D eigenvalue weighted by molar-refractivity contribution is 5.92. The second kappa shape index (κ2) is 7.06. The number of hydrogen-bond donors (Lipinski definition) is 2. The van der Waals surface area contributed by atoms with Gasteiger partial charge in [0.05, 0.1) is 0 Å². The quantitative estimate of drug-likeness (QED) is 0.702. The summed E-state index contributed by atoms with van der Waals surface area (Å²) in [6.07, 6.45) is 2.93. The summed E-state index contributed by atoms with van der Waals surface area (Å²) < 4.78 is 1.78. The number of aromatic nitrogens is 2. The Morgan fingerprint density at radius 2 is 2.18 bits per heavy atom. The van der Waals surface area contributed by atoms with E-state index in [0.29, 0.717) is 12.2 Å². The van der Waals surface area contributed by atoms with Gasteiger partial charge in [0, 0.05) is 25.3 Å². The van der Waals surface area contributed by atoms with Gasteiger partial charge in [-0.2, -0.15) is 5.10 Å². The van der Waals surface area contributed by atoms with Crippen LogP contribution in [0.1, 0.15) is 43.7 Å². The zero-order valence-corrected chi connectivity index (χ0v) is 10.9. The molecule has 5 nitrogen and oxygen atoms in total. The molecule has 0 spiro atoms. The smallest absolute Gasteiger partial charge is 0.271 e. The highest BCUT2D eigenvalue weighted by Gasteiger charge is 2.09. The van der Waals surface area contributed by atoms with Crippen molar-refractivity contribution in [3.8, 4) is 0 Å². The van der Waals surface area contributed by atoms with E-state index in [9.17, 15) is 4.79 Å². The Labute approximate surface area is 103 Å². The van der Waals surface area contributed by atoms with Crippen LogP contribution in [0.3, 0.4) is 0 Å². The Balaban J connectivity index is 2.31. The molecule has 17 heavy (non-hydrogen) atoms. The molecule has 0 aromatic carbocycles. The molecule has 0 aliphatic carbocycles. The third kappa shape index (κ3) is 4.56. The first-order chi connectivity index (χ1) is 8.15. The van der Waals surface area contributed by atoms with E-state index < -0.39 is 0 Å². The first kappa shape index (κ1) is 13.7.